The second-order valence-corrected chi connectivity index (χ2v) is 7.58. The van der Waals surface area contributed by atoms with Crippen molar-refractivity contribution in [3.05, 3.63) is 35.7 Å². The number of benzene rings is 1. The minimum absolute atomic E-state index is 0.0347. The molecule has 0 aliphatic carbocycles. The number of hydrogen-bond acceptors (Lipinski definition) is 5. The highest BCUT2D eigenvalue weighted by Crippen LogP contribution is 2.32. The van der Waals surface area contributed by atoms with Crippen LogP contribution in [-0.2, 0) is 6.42 Å². The number of carbonyl (C=O) groups excluding carboxylic acids is 1. The van der Waals surface area contributed by atoms with Crippen LogP contribution in [0.1, 0.15) is 30.7 Å². The van der Waals surface area contributed by atoms with Crippen LogP contribution in [0.15, 0.2) is 29.2 Å². The molecule has 1 aliphatic rings. The molecule has 2 heterocycles. The van der Waals surface area contributed by atoms with Gasteiger partial charge in [-0.3, -0.25) is 0 Å². The summed E-state index contributed by atoms with van der Waals surface area (Å²) in [6.45, 7) is 4.42. The summed E-state index contributed by atoms with van der Waals surface area (Å²) in [5.41, 5.74) is 1.33. The lowest BCUT2D eigenvalue weighted by Crippen LogP contribution is -2.45. The number of likely N-dealkylation sites (tertiary alicyclic amines) is 1. The average molecular weight is 360 g/mol. The maximum atomic E-state index is 12.2. The molecule has 8 heteroatoms. The number of H-pyrrole nitrogens is 1. The third-order valence-corrected chi connectivity index (χ3v) is 5.88. The molecule has 1 aromatic heterocycles. The van der Waals surface area contributed by atoms with Gasteiger partial charge in [-0.25, -0.2) is 4.79 Å². The molecule has 2 aromatic rings. The fourth-order valence-corrected chi connectivity index (χ4v) is 4.10. The van der Waals surface area contributed by atoms with Crippen molar-refractivity contribution >= 4 is 17.8 Å². The van der Waals surface area contributed by atoms with E-state index in [1.165, 1.54) is 10.5 Å². The van der Waals surface area contributed by atoms with Crippen molar-refractivity contribution < 1.29 is 4.79 Å². The fourth-order valence-electron chi connectivity index (χ4n) is 2.89. The number of aryl methyl sites for hydroxylation is 2. The number of rotatable bonds is 6. The Morgan fingerprint density at radius 2 is 2.16 bits per heavy atom. The van der Waals surface area contributed by atoms with Gasteiger partial charge in [-0.05, 0) is 37.8 Å². The normalized spacial score (nSPS) is 15.3. The average Bonchev–Trinajstić information content (AvgIpc) is 3.15. The Morgan fingerprint density at radius 3 is 2.88 bits per heavy atom. The van der Waals surface area contributed by atoms with Crippen LogP contribution in [-0.4, -0.2) is 56.4 Å². The number of thioether (sulfide) groups is 1. The number of tetrazole rings is 1. The Balaban J connectivity index is 1.35. The minimum Gasteiger partial charge on any atom is -0.338 e. The molecule has 0 saturated carbocycles. The van der Waals surface area contributed by atoms with Crippen molar-refractivity contribution in [2.45, 2.75) is 42.8 Å². The largest absolute Gasteiger partial charge is 0.338 e. The standard InChI is InChI=1S/C17H24N6OS/c1-13-5-2-3-6-15(13)25-14-8-11-23(12-9-14)17(24)18-10-4-7-16-19-21-22-20-16/h2-3,5-6,14H,4,7-12H2,1H3,(H,18,24)(H,19,20,21,22). The Bertz CT molecular complexity index is 670. The summed E-state index contributed by atoms with van der Waals surface area (Å²) in [5, 5.41) is 17.3. The number of nitrogens with one attached hydrogen (secondary N) is 2. The summed E-state index contributed by atoms with van der Waals surface area (Å²) in [7, 11) is 0. The van der Waals surface area contributed by atoms with Crippen LogP contribution in [0.5, 0.6) is 0 Å². The molecule has 2 amide bonds. The molecular formula is C17H24N6OS. The molecule has 1 aliphatic heterocycles. The van der Waals surface area contributed by atoms with Gasteiger partial charge in [0.15, 0.2) is 5.82 Å². The highest BCUT2D eigenvalue weighted by Gasteiger charge is 2.23. The molecule has 0 radical (unpaired) electrons. The van der Waals surface area contributed by atoms with Crippen LogP contribution in [0, 0.1) is 6.92 Å². The van der Waals surface area contributed by atoms with E-state index in [4.69, 9.17) is 0 Å². The predicted octanol–water partition coefficient (Wildman–Crippen LogP) is 2.41. The molecule has 3 rings (SSSR count). The van der Waals surface area contributed by atoms with Gasteiger partial charge in [0.25, 0.3) is 0 Å². The second-order valence-electron chi connectivity index (χ2n) is 6.23. The van der Waals surface area contributed by atoms with Crippen molar-refractivity contribution in [1.29, 1.82) is 0 Å². The van der Waals surface area contributed by atoms with E-state index in [0.717, 1.165) is 32.4 Å². The van der Waals surface area contributed by atoms with Crippen LogP contribution in [0.4, 0.5) is 4.79 Å². The molecule has 0 unspecified atom stereocenters. The van der Waals surface area contributed by atoms with E-state index in [0.29, 0.717) is 24.0 Å². The van der Waals surface area contributed by atoms with Gasteiger partial charge in [0, 0.05) is 36.2 Å². The Labute approximate surface area is 151 Å². The van der Waals surface area contributed by atoms with Gasteiger partial charge in [0.05, 0.1) is 0 Å². The van der Waals surface area contributed by atoms with Crippen LogP contribution in [0.25, 0.3) is 0 Å². The van der Waals surface area contributed by atoms with E-state index in [1.54, 1.807) is 0 Å². The van der Waals surface area contributed by atoms with E-state index in [2.05, 4.69) is 57.1 Å². The Kier molecular flexibility index (Phi) is 6.27. The van der Waals surface area contributed by atoms with Gasteiger partial charge in [-0.2, -0.15) is 5.21 Å². The minimum atomic E-state index is 0.0347. The van der Waals surface area contributed by atoms with Crippen LogP contribution in [0.3, 0.4) is 0 Å². The van der Waals surface area contributed by atoms with Crippen LogP contribution >= 0.6 is 11.8 Å². The number of amides is 2. The van der Waals surface area contributed by atoms with E-state index in [-0.39, 0.29) is 6.03 Å². The SMILES string of the molecule is Cc1ccccc1SC1CCN(C(=O)NCCCc2nn[nH]n2)CC1. The lowest BCUT2D eigenvalue weighted by Gasteiger charge is -2.32. The summed E-state index contributed by atoms with van der Waals surface area (Å²) in [6, 6.07) is 8.53. The van der Waals surface area contributed by atoms with E-state index >= 15 is 0 Å². The van der Waals surface area contributed by atoms with Gasteiger partial charge in [-0.15, -0.1) is 22.0 Å². The Hall–Kier alpha value is -2.09. The number of nitrogens with zero attached hydrogens (tertiary/aromatic N) is 4. The van der Waals surface area contributed by atoms with Crippen molar-refractivity contribution in [2.75, 3.05) is 19.6 Å². The highest BCUT2D eigenvalue weighted by molar-refractivity contribution is 8.00. The first-order valence-corrected chi connectivity index (χ1v) is 9.58. The lowest BCUT2D eigenvalue weighted by molar-refractivity contribution is 0.187. The molecule has 1 saturated heterocycles. The number of aromatic amines is 1. The van der Waals surface area contributed by atoms with Crippen molar-refractivity contribution in [1.82, 2.24) is 30.8 Å². The van der Waals surface area contributed by atoms with Crippen molar-refractivity contribution in [2.24, 2.45) is 0 Å². The molecule has 134 valence electrons. The number of urea groups is 1. The summed E-state index contributed by atoms with van der Waals surface area (Å²) in [4.78, 5) is 15.5. The Morgan fingerprint density at radius 1 is 1.36 bits per heavy atom. The molecule has 1 aromatic carbocycles. The molecule has 0 atom stereocenters. The predicted molar refractivity (Wildman–Crippen MR) is 97.5 cm³/mol. The molecular weight excluding hydrogens is 336 g/mol. The maximum absolute atomic E-state index is 12.2. The molecule has 1 fully saturated rings. The zero-order valence-corrected chi connectivity index (χ0v) is 15.3. The van der Waals surface area contributed by atoms with Gasteiger partial charge < -0.3 is 10.2 Å². The van der Waals surface area contributed by atoms with Gasteiger partial charge in [0.1, 0.15) is 0 Å². The third kappa shape index (κ3) is 5.19. The monoisotopic (exact) mass is 360 g/mol. The summed E-state index contributed by atoms with van der Waals surface area (Å²) in [5.74, 6) is 0.684. The van der Waals surface area contributed by atoms with Gasteiger partial charge in [0.2, 0.25) is 0 Å². The van der Waals surface area contributed by atoms with Gasteiger partial charge >= 0.3 is 6.03 Å². The molecule has 25 heavy (non-hydrogen) atoms. The highest BCUT2D eigenvalue weighted by atomic mass is 32.2. The first kappa shape index (κ1) is 17.7. The number of hydrogen-bond donors (Lipinski definition) is 2. The smallest absolute Gasteiger partial charge is 0.317 e. The van der Waals surface area contributed by atoms with Crippen molar-refractivity contribution in [3.8, 4) is 0 Å². The topological polar surface area (TPSA) is 86.8 Å². The summed E-state index contributed by atoms with van der Waals surface area (Å²) >= 11 is 1.94. The number of piperidine rings is 1. The second kappa shape index (κ2) is 8.84. The lowest BCUT2D eigenvalue weighted by atomic mass is 10.1. The molecule has 0 bridgehead atoms. The summed E-state index contributed by atoms with van der Waals surface area (Å²) < 4.78 is 0. The molecule has 2 N–H and O–H groups in total. The van der Waals surface area contributed by atoms with Crippen molar-refractivity contribution in [3.63, 3.8) is 0 Å². The number of carbonyl (C=O) groups is 1. The fraction of sp³-hybridized carbons (Fsp3) is 0.529. The maximum Gasteiger partial charge on any atom is 0.317 e. The van der Waals surface area contributed by atoms with E-state index < -0.39 is 0 Å². The molecule has 7 nitrogen and oxygen atoms in total. The van der Waals surface area contributed by atoms with E-state index in [1.807, 2.05) is 16.7 Å². The van der Waals surface area contributed by atoms with Crippen LogP contribution in [0.2, 0.25) is 0 Å². The number of aromatic nitrogens is 4. The first-order valence-electron chi connectivity index (χ1n) is 8.70. The van der Waals surface area contributed by atoms with Crippen LogP contribution < -0.4 is 5.32 Å². The third-order valence-electron chi connectivity index (χ3n) is 4.36. The molecule has 0 spiro atoms. The van der Waals surface area contributed by atoms with E-state index in [9.17, 15) is 4.79 Å². The summed E-state index contributed by atoms with van der Waals surface area (Å²) in [6.07, 6.45) is 3.60. The first-order chi connectivity index (χ1) is 12.2. The van der Waals surface area contributed by atoms with Gasteiger partial charge in [-0.1, -0.05) is 23.4 Å². The zero-order valence-electron chi connectivity index (χ0n) is 14.4. The quantitative estimate of drug-likeness (QED) is 0.773. The zero-order chi connectivity index (χ0) is 17.5.